The minimum Gasteiger partial charge on any atom is -0.308 e. The van der Waals surface area contributed by atoms with Crippen molar-refractivity contribution in [2.45, 2.75) is 38.5 Å². The largest absolute Gasteiger partial charge is 0.308 e. The normalized spacial score (nSPS) is 15.8. The van der Waals surface area contributed by atoms with Gasteiger partial charge < -0.3 is 4.40 Å². The summed E-state index contributed by atoms with van der Waals surface area (Å²) < 4.78 is 2.55. The third-order valence-electron chi connectivity index (χ3n) is 8.59. The summed E-state index contributed by atoms with van der Waals surface area (Å²) in [6.07, 6.45) is 3.58. The molecule has 2 heterocycles. The molecule has 0 amide bonds. The van der Waals surface area contributed by atoms with E-state index in [4.69, 9.17) is 0 Å². The summed E-state index contributed by atoms with van der Waals surface area (Å²) in [5.41, 5.74) is 8.49. The van der Waals surface area contributed by atoms with E-state index in [1.54, 1.807) is 0 Å². The molecule has 0 saturated carbocycles. The standard InChI is InChI=1S/C36H29N/c1-36(2,3)28-14-12-22(13-15-28)27-18-31-29-16-23-8-4-6-10-25(23)20-33(29)37-34-21-26-11-7-5-9-24(26)17-30(34)32(19-27)35(31)37/h4-18,20-21,27H,19H2,1-3H3. The molecule has 0 bridgehead atoms. The first kappa shape index (κ1) is 21.0. The Morgan fingerprint density at radius 3 is 1.78 bits per heavy atom. The van der Waals surface area contributed by atoms with Gasteiger partial charge in [-0.2, -0.15) is 0 Å². The summed E-state index contributed by atoms with van der Waals surface area (Å²) in [4.78, 5) is 0. The molecule has 8 rings (SSSR count). The lowest BCUT2D eigenvalue weighted by atomic mass is 9.83. The van der Waals surface area contributed by atoms with Gasteiger partial charge in [-0.05, 0) is 74.3 Å². The fourth-order valence-corrected chi connectivity index (χ4v) is 6.63. The van der Waals surface area contributed by atoms with Crippen LogP contribution in [0, 0.1) is 0 Å². The number of benzene rings is 5. The molecule has 1 nitrogen and oxygen atoms in total. The van der Waals surface area contributed by atoms with Gasteiger partial charge in [0.1, 0.15) is 0 Å². The summed E-state index contributed by atoms with van der Waals surface area (Å²) >= 11 is 0. The van der Waals surface area contributed by atoms with Crippen LogP contribution in [0.5, 0.6) is 0 Å². The number of hydrogen-bond donors (Lipinski definition) is 0. The molecule has 1 aliphatic carbocycles. The predicted octanol–water partition coefficient (Wildman–Crippen LogP) is 8.69. The van der Waals surface area contributed by atoms with Crippen LogP contribution < -0.4 is 5.22 Å². The first-order valence-corrected chi connectivity index (χ1v) is 13.4. The molecule has 7 aromatic rings. The highest BCUT2D eigenvalue weighted by Crippen LogP contribution is 2.39. The first-order chi connectivity index (χ1) is 18.0. The number of rotatable bonds is 1. The van der Waals surface area contributed by atoms with Gasteiger partial charge in [0.25, 0.3) is 0 Å². The third kappa shape index (κ3) is 2.98. The van der Waals surface area contributed by atoms with E-state index in [-0.39, 0.29) is 5.41 Å². The molecule has 0 radical (unpaired) electrons. The van der Waals surface area contributed by atoms with E-state index in [0.717, 1.165) is 6.42 Å². The third-order valence-corrected chi connectivity index (χ3v) is 8.59. The fraction of sp³-hybridized carbons (Fsp3) is 0.167. The van der Waals surface area contributed by atoms with E-state index in [1.165, 1.54) is 70.8 Å². The van der Waals surface area contributed by atoms with Gasteiger partial charge in [-0.3, -0.25) is 0 Å². The number of aromatic nitrogens is 1. The Labute approximate surface area is 216 Å². The second kappa shape index (κ2) is 7.23. The minimum absolute atomic E-state index is 0.163. The number of hydrogen-bond acceptors (Lipinski definition) is 0. The van der Waals surface area contributed by atoms with Gasteiger partial charge in [0, 0.05) is 21.9 Å². The maximum absolute atomic E-state index is 2.55. The summed E-state index contributed by atoms with van der Waals surface area (Å²) in [6, 6.07) is 36.5. The van der Waals surface area contributed by atoms with Crippen LogP contribution in [0.3, 0.4) is 0 Å². The zero-order valence-corrected chi connectivity index (χ0v) is 21.5. The van der Waals surface area contributed by atoms with Gasteiger partial charge in [-0.15, -0.1) is 0 Å². The Bertz CT molecular complexity index is 2080. The molecule has 0 saturated heterocycles. The second-order valence-corrected chi connectivity index (χ2v) is 11.9. The maximum Gasteiger partial charge on any atom is 0.0577 e. The van der Waals surface area contributed by atoms with Crippen molar-refractivity contribution in [1.82, 2.24) is 4.40 Å². The quantitative estimate of drug-likeness (QED) is 0.224. The molecular formula is C36H29N. The topological polar surface area (TPSA) is 4.41 Å². The van der Waals surface area contributed by atoms with Crippen molar-refractivity contribution < 1.29 is 0 Å². The van der Waals surface area contributed by atoms with Gasteiger partial charge in [-0.1, -0.05) is 99.6 Å². The van der Waals surface area contributed by atoms with Crippen molar-refractivity contribution in [3.8, 4) is 0 Å². The molecule has 0 aliphatic heterocycles. The zero-order valence-electron chi connectivity index (χ0n) is 21.5. The monoisotopic (exact) mass is 475 g/mol. The average molecular weight is 476 g/mol. The van der Waals surface area contributed by atoms with Crippen molar-refractivity contribution in [3.63, 3.8) is 0 Å². The highest BCUT2D eigenvalue weighted by molar-refractivity contribution is 6.10. The van der Waals surface area contributed by atoms with Crippen LogP contribution in [0.2, 0.25) is 0 Å². The van der Waals surface area contributed by atoms with Crippen LogP contribution in [-0.2, 0) is 11.8 Å². The van der Waals surface area contributed by atoms with E-state index in [0.29, 0.717) is 5.92 Å². The maximum atomic E-state index is 2.55. The van der Waals surface area contributed by atoms with Gasteiger partial charge >= 0.3 is 0 Å². The highest BCUT2D eigenvalue weighted by atomic mass is 14.9. The van der Waals surface area contributed by atoms with Crippen molar-refractivity contribution in [1.29, 1.82) is 0 Å². The van der Waals surface area contributed by atoms with Crippen LogP contribution in [-0.4, -0.2) is 4.40 Å². The molecule has 1 aliphatic rings. The van der Waals surface area contributed by atoms with Gasteiger partial charge in [0.2, 0.25) is 0 Å². The molecule has 1 heteroatoms. The molecule has 37 heavy (non-hydrogen) atoms. The Morgan fingerprint density at radius 1 is 0.649 bits per heavy atom. The lowest BCUT2D eigenvalue weighted by molar-refractivity contribution is 0.590. The van der Waals surface area contributed by atoms with E-state index >= 15 is 0 Å². The number of nitrogens with zero attached hydrogens (tertiary/aromatic N) is 1. The Balaban J connectivity index is 1.48. The summed E-state index contributed by atoms with van der Waals surface area (Å²) in [5, 5.41) is 9.38. The van der Waals surface area contributed by atoms with Crippen LogP contribution in [0.15, 0.2) is 97.1 Å². The van der Waals surface area contributed by atoms with E-state index in [2.05, 4.69) is 128 Å². The second-order valence-electron chi connectivity index (χ2n) is 11.9. The lowest BCUT2D eigenvalue weighted by Gasteiger charge is -2.21. The average Bonchev–Trinajstić information content (AvgIpc) is 3.40. The molecule has 0 fully saturated rings. The molecular weight excluding hydrogens is 446 g/mol. The molecule has 1 atom stereocenters. The molecule has 178 valence electrons. The Hall–Kier alpha value is -4.10. The van der Waals surface area contributed by atoms with E-state index in [9.17, 15) is 0 Å². The first-order valence-electron chi connectivity index (χ1n) is 13.4. The van der Waals surface area contributed by atoms with Crippen molar-refractivity contribution >= 4 is 54.9 Å². The van der Waals surface area contributed by atoms with Gasteiger partial charge in [0.15, 0.2) is 0 Å². The van der Waals surface area contributed by atoms with Crippen LogP contribution in [0.1, 0.15) is 43.4 Å². The predicted molar refractivity (Wildman–Crippen MR) is 159 cm³/mol. The Morgan fingerprint density at radius 2 is 1.19 bits per heavy atom. The fourth-order valence-electron chi connectivity index (χ4n) is 6.63. The van der Waals surface area contributed by atoms with Gasteiger partial charge in [-0.25, -0.2) is 0 Å². The molecule has 1 unspecified atom stereocenters. The van der Waals surface area contributed by atoms with Crippen LogP contribution >= 0.6 is 0 Å². The smallest absolute Gasteiger partial charge is 0.0577 e. The summed E-state index contributed by atoms with van der Waals surface area (Å²) in [7, 11) is 0. The van der Waals surface area contributed by atoms with Crippen molar-refractivity contribution in [3.05, 3.63) is 119 Å². The van der Waals surface area contributed by atoms with E-state index < -0.39 is 0 Å². The van der Waals surface area contributed by atoms with Crippen molar-refractivity contribution in [2.75, 3.05) is 0 Å². The highest BCUT2D eigenvalue weighted by Gasteiger charge is 2.26. The van der Waals surface area contributed by atoms with Gasteiger partial charge in [0.05, 0.1) is 16.6 Å². The van der Waals surface area contributed by atoms with Crippen LogP contribution in [0.25, 0.3) is 54.9 Å². The molecule has 2 aromatic heterocycles. The van der Waals surface area contributed by atoms with Crippen LogP contribution in [0.4, 0.5) is 0 Å². The summed E-state index contributed by atoms with van der Waals surface area (Å²) in [6.45, 7) is 6.86. The van der Waals surface area contributed by atoms with Crippen molar-refractivity contribution in [2.24, 2.45) is 0 Å². The Kier molecular flexibility index (Phi) is 4.11. The zero-order chi connectivity index (χ0) is 24.9. The van der Waals surface area contributed by atoms with E-state index in [1.807, 2.05) is 0 Å². The molecule has 0 spiro atoms. The SMILES string of the molecule is CC(C)(C)c1ccc(C2C=c3c4cc5ccccc5cc4n4c3c(c3cc5ccccc5cc34)C2)cc1. The summed E-state index contributed by atoms with van der Waals surface area (Å²) in [5.74, 6) is 0.361. The molecule has 5 aromatic carbocycles. The lowest BCUT2D eigenvalue weighted by Crippen LogP contribution is -2.14. The minimum atomic E-state index is 0.163. The number of fused-ring (bicyclic) bond motifs is 8. The molecule has 0 N–H and O–H groups in total.